The summed E-state index contributed by atoms with van der Waals surface area (Å²) in [4.78, 5) is 12.4. The van der Waals surface area contributed by atoms with Gasteiger partial charge in [0.05, 0.1) is 18.8 Å². The molecule has 0 spiro atoms. The van der Waals surface area contributed by atoms with E-state index < -0.39 is 0 Å². The number of carbonyl (C=O) groups is 1. The molecule has 0 bridgehead atoms. The highest BCUT2D eigenvalue weighted by Gasteiger charge is 2.13. The fourth-order valence-corrected chi connectivity index (χ4v) is 3.44. The number of rotatable bonds is 8. The molecule has 6 heteroatoms. The molecule has 1 amide bonds. The van der Waals surface area contributed by atoms with Crippen molar-refractivity contribution in [2.75, 3.05) is 7.11 Å². The Morgan fingerprint density at radius 1 is 1.19 bits per heavy atom. The minimum absolute atomic E-state index is 0.125. The lowest BCUT2D eigenvalue weighted by molar-refractivity contribution is -0.117. The molecule has 1 atom stereocenters. The number of para-hydroxylation sites is 1. The Morgan fingerprint density at radius 2 is 1.97 bits per heavy atom. The molecular weight excluding hydrogens is 390 g/mol. The van der Waals surface area contributed by atoms with Gasteiger partial charge >= 0.3 is 0 Å². The van der Waals surface area contributed by atoms with Crippen molar-refractivity contribution < 1.29 is 14.3 Å². The van der Waals surface area contributed by atoms with E-state index >= 15 is 0 Å². The topological polar surface area (TPSA) is 65.4 Å². The number of aromatic nitrogens is 2. The van der Waals surface area contributed by atoms with Crippen LogP contribution in [0.3, 0.4) is 0 Å². The largest absolute Gasteiger partial charge is 0.496 e. The number of ether oxygens (including phenoxy) is 2. The second kappa shape index (κ2) is 9.98. The van der Waals surface area contributed by atoms with Gasteiger partial charge in [-0.25, -0.2) is 0 Å². The van der Waals surface area contributed by atoms with Crippen LogP contribution in [0.4, 0.5) is 0 Å². The molecule has 6 nitrogen and oxygen atoms in total. The van der Waals surface area contributed by atoms with Crippen LogP contribution in [0.2, 0.25) is 0 Å². The van der Waals surface area contributed by atoms with Gasteiger partial charge in [0.2, 0.25) is 5.91 Å². The van der Waals surface area contributed by atoms with E-state index in [-0.39, 0.29) is 11.9 Å². The first-order chi connectivity index (χ1) is 14.9. The second-order valence-corrected chi connectivity index (χ2v) is 7.53. The van der Waals surface area contributed by atoms with Crippen molar-refractivity contribution in [3.05, 3.63) is 82.7 Å². The summed E-state index contributed by atoms with van der Waals surface area (Å²) in [6, 6.07) is 13.5. The second-order valence-electron chi connectivity index (χ2n) is 7.53. The predicted molar refractivity (Wildman–Crippen MR) is 122 cm³/mol. The summed E-state index contributed by atoms with van der Waals surface area (Å²) in [5.41, 5.74) is 4.79. The Bertz CT molecular complexity index is 1090. The molecule has 1 aromatic heterocycles. The van der Waals surface area contributed by atoms with Crippen LogP contribution >= 0.6 is 0 Å². The Morgan fingerprint density at radius 3 is 2.65 bits per heavy atom. The van der Waals surface area contributed by atoms with Crippen LogP contribution in [0.1, 0.15) is 40.9 Å². The van der Waals surface area contributed by atoms with Gasteiger partial charge in [-0.1, -0.05) is 24.3 Å². The van der Waals surface area contributed by atoms with E-state index in [1.54, 1.807) is 17.9 Å². The molecule has 3 rings (SSSR count). The maximum atomic E-state index is 12.4. The monoisotopic (exact) mass is 419 g/mol. The van der Waals surface area contributed by atoms with Crippen LogP contribution in [0.25, 0.3) is 6.08 Å². The van der Waals surface area contributed by atoms with Crippen LogP contribution < -0.4 is 14.8 Å². The molecular formula is C25H29N3O3. The molecule has 162 valence electrons. The highest BCUT2D eigenvalue weighted by atomic mass is 16.5. The fraction of sp³-hybridized carbons (Fsp3) is 0.280. The Hall–Kier alpha value is -3.54. The fourth-order valence-electron chi connectivity index (χ4n) is 3.44. The lowest BCUT2D eigenvalue weighted by atomic mass is 10.1. The van der Waals surface area contributed by atoms with Crippen LogP contribution in [0.15, 0.2) is 54.7 Å². The molecule has 2 aromatic carbocycles. The number of nitrogens with one attached hydrogen (secondary N) is 1. The maximum Gasteiger partial charge on any atom is 0.244 e. The molecule has 0 radical (unpaired) electrons. The summed E-state index contributed by atoms with van der Waals surface area (Å²) in [6.45, 7) is 6.27. The maximum absolute atomic E-state index is 12.4. The third-order valence-electron chi connectivity index (χ3n) is 5.09. The zero-order chi connectivity index (χ0) is 22.4. The number of benzene rings is 2. The molecule has 0 fully saturated rings. The lowest BCUT2D eigenvalue weighted by Gasteiger charge is -2.13. The van der Waals surface area contributed by atoms with E-state index in [4.69, 9.17) is 9.47 Å². The van der Waals surface area contributed by atoms with E-state index in [0.29, 0.717) is 6.61 Å². The summed E-state index contributed by atoms with van der Waals surface area (Å²) in [5, 5.41) is 7.31. The zero-order valence-corrected chi connectivity index (χ0v) is 18.7. The molecule has 1 N–H and O–H groups in total. The number of carbonyl (C=O) groups excluding carboxylic acids is 1. The molecule has 1 unspecified atom stereocenters. The summed E-state index contributed by atoms with van der Waals surface area (Å²) < 4.78 is 13.2. The van der Waals surface area contributed by atoms with E-state index in [9.17, 15) is 4.79 Å². The van der Waals surface area contributed by atoms with E-state index in [0.717, 1.165) is 39.4 Å². The summed E-state index contributed by atoms with van der Waals surface area (Å²) >= 11 is 0. The van der Waals surface area contributed by atoms with Gasteiger partial charge in [0, 0.05) is 30.4 Å². The van der Waals surface area contributed by atoms with Crippen molar-refractivity contribution in [2.24, 2.45) is 7.05 Å². The summed E-state index contributed by atoms with van der Waals surface area (Å²) in [5.74, 6) is 1.42. The molecule has 3 aromatic rings. The highest BCUT2D eigenvalue weighted by Crippen LogP contribution is 2.24. The van der Waals surface area contributed by atoms with Gasteiger partial charge in [0.15, 0.2) is 0 Å². The average Bonchev–Trinajstić information content (AvgIpc) is 3.09. The van der Waals surface area contributed by atoms with Gasteiger partial charge in [-0.15, -0.1) is 0 Å². The Kier molecular flexibility index (Phi) is 7.13. The average molecular weight is 420 g/mol. The Labute approximate surface area is 183 Å². The third-order valence-corrected chi connectivity index (χ3v) is 5.09. The predicted octanol–water partition coefficient (Wildman–Crippen LogP) is 4.52. The number of nitrogens with zero attached hydrogens (tertiary/aromatic N) is 2. The first kappa shape index (κ1) is 22.2. The molecule has 0 aliphatic carbocycles. The van der Waals surface area contributed by atoms with Crippen molar-refractivity contribution in [1.82, 2.24) is 15.1 Å². The summed E-state index contributed by atoms with van der Waals surface area (Å²) in [6.07, 6.45) is 5.25. The van der Waals surface area contributed by atoms with Gasteiger partial charge in [0.25, 0.3) is 0 Å². The van der Waals surface area contributed by atoms with Crippen molar-refractivity contribution in [1.29, 1.82) is 0 Å². The molecule has 0 aliphatic rings. The van der Waals surface area contributed by atoms with Crippen molar-refractivity contribution in [3.63, 3.8) is 0 Å². The quantitative estimate of drug-likeness (QED) is 0.546. The molecule has 1 heterocycles. The minimum Gasteiger partial charge on any atom is -0.496 e. The van der Waals surface area contributed by atoms with Gasteiger partial charge in [-0.05, 0) is 56.2 Å². The van der Waals surface area contributed by atoms with Crippen molar-refractivity contribution in [2.45, 2.75) is 33.4 Å². The van der Waals surface area contributed by atoms with Crippen LogP contribution in [-0.4, -0.2) is 22.8 Å². The minimum atomic E-state index is -0.163. The van der Waals surface area contributed by atoms with Gasteiger partial charge in [-0.3, -0.25) is 9.48 Å². The SMILES string of the molecule is COc1ccc(/C=C/C(=O)NC(C)c2cn(C)nc2C)cc1COc1ccccc1C. The standard InChI is InChI=1S/C25H29N3O3/c1-17-8-6-7-9-23(17)31-16-21-14-20(10-12-24(21)30-5)11-13-25(29)26-18(2)22-15-28(4)27-19(22)3/h6-15,18H,16H2,1-5H3,(H,26,29)/b13-11+. The number of aryl methyl sites for hydroxylation is 3. The van der Waals surface area contributed by atoms with Gasteiger partial charge in [-0.2, -0.15) is 5.10 Å². The smallest absolute Gasteiger partial charge is 0.244 e. The number of amides is 1. The zero-order valence-electron chi connectivity index (χ0n) is 18.7. The van der Waals surface area contributed by atoms with E-state index in [1.165, 1.54) is 6.08 Å². The van der Waals surface area contributed by atoms with Crippen molar-refractivity contribution in [3.8, 4) is 11.5 Å². The lowest BCUT2D eigenvalue weighted by Crippen LogP contribution is -2.24. The van der Waals surface area contributed by atoms with Gasteiger partial charge in [0.1, 0.15) is 18.1 Å². The van der Waals surface area contributed by atoms with E-state index in [2.05, 4.69) is 10.4 Å². The van der Waals surface area contributed by atoms with Crippen LogP contribution in [0.5, 0.6) is 11.5 Å². The molecule has 0 saturated carbocycles. The van der Waals surface area contributed by atoms with E-state index in [1.807, 2.05) is 76.5 Å². The van der Waals surface area contributed by atoms with Gasteiger partial charge < -0.3 is 14.8 Å². The number of methoxy groups -OCH3 is 1. The molecule has 0 aliphatic heterocycles. The van der Waals surface area contributed by atoms with Crippen LogP contribution in [0, 0.1) is 13.8 Å². The van der Waals surface area contributed by atoms with Crippen LogP contribution in [-0.2, 0) is 18.4 Å². The molecule has 31 heavy (non-hydrogen) atoms. The first-order valence-electron chi connectivity index (χ1n) is 10.2. The first-order valence-corrected chi connectivity index (χ1v) is 10.2. The number of hydrogen-bond acceptors (Lipinski definition) is 4. The molecule has 0 saturated heterocycles. The van der Waals surface area contributed by atoms with Crippen molar-refractivity contribution >= 4 is 12.0 Å². The third kappa shape index (κ3) is 5.75. The Balaban J connectivity index is 1.67. The summed E-state index contributed by atoms with van der Waals surface area (Å²) in [7, 11) is 3.51. The number of hydrogen-bond donors (Lipinski definition) is 1. The highest BCUT2D eigenvalue weighted by molar-refractivity contribution is 5.92. The normalized spacial score (nSPS) is 12.0.